The van der Waals surface area contributed by atoms with Crippen molar-refractivity contribution in [2.24, 2.45) is 0 Å². The molecule has 4 N–H and O–H groups in total. The van der Waals surface area contributed by atoms with Gasteiger partial charge in [-0.3, -0.25) is 4.79 Å². The highest BCUT2D eigenvalue weighted by atomic mass is 16.5. The molecule has 1 aromatic carbocycles. The summed E-state index contributed by atoms with van der Waals surface area (Å²) in [4.78, 5) is 12.8. The summed E-state index contributed by atoms with van der Waals surface area (Å²) in [5, 5.41) is 16.4. The van der Waals surface area contributed by atoms with E-state index >= 15 is 0 Å². The van der Waals surface area contributed by atoms with E-state index in [-0.39, 0.29) is 12.1 Å². The number of carbonyl (C=O) groups is 1. The van der Waals surface area contributed by atoms with Crippen molar-refractivity contribution in [3.8, 4) is 0 Å². The number of morpholine rings is 1. The highest BCUT2D eigenvalue weighted by Crippen LogP contribution is 2.23. The predicted molar refractivity (Wildman–Crippen MR) is 73.0 cm³/mol. The number of ether oxygens (including phenoxy) is 1. The summed E-state index contributed by atoms with van der Waals surface area (Å²) in [6.45, 7) is 3.00. The zero-order valence-corrected chi connectivity index (χ0v) is 10.6. The van der Waals surface area contributed by atoms with Gasteiger partial charge in [-0.25, -0.2) is 0 Å². The minimum absolute atomic E-state index is 0.0264. The van der Waals surface area contributed by atoms with E-state index in [0.717, 1.165) is 18.8 Å². The maximum atomic E-state index is 10.6. The van der Waals surface area contributed by atoms with Crippen molar-refractivity contribution in [2.75, 3.05) is 36.9 Å². The molecule has 0 radical (unpaired) electrons. The first-order valence-corrected chi connectivity index (χ1v) is 6.09. The Morgan fingerprint density at radius 3 is 2.68 bits per heavy atom. The van der Waals surface area contributed by atoms with Crippen LogP contribution in [0.1, 0.15) is 12.0 Å². The number of anilines is 2. The summed E-state index contributed by atoms with van der Waals surface area (Å²) >= 11 is 0. The zero-order valence-electron chi connectivity index (χ0n) is 10.6. The van der Waals surface area contributed by atoms with Crippen molar-refractivity contribution < 1.29 is 14.6 Å². The zero-order chi connectivity index (χ0) is 13.8. The molecule has 2 rings (SSSR count). The first-order valence-electron chi connectivity index (χ1n) is 6.09. The number of hydrogen-bond acceptors (Lipinski definition) is 5. The summed E-state index contributed by atoms with van der Waals surface area (Å²) in [5.74, 6) is -1.03. The Morgan fingerprint density at radius 1 is 1.42 bits per heavy atom. The van der Waals surface area contributed by atoms with Crippen molar-refractivity contribution in [3.63, 3.8) is 0 Å². The number of nitrogen functional groups attached to an aromatic ring is 1. The van der Waals surface area contributed by atoms with Crippen LogP contribution in [0.15, 0.2) is 18.2 Å². The van der Waals surface area contributed by atoms with Gasteiger partial charge in [-0.05, 0) is 18.2 Å². The molecular formula is C13H17N3O3. The summed E-state index contributed by atoms with van der Waals surface area (Å²) in [6, 6.07) is 5.37. The fraction of sp³-hybridized carbons (Fsp3) is 0.385. The fourth-order valence-corrected chi connectivity index (χ4v) is 2.09. The Bertz CT molecular complexity index is 496. The molecule has 1 aliphatic heterocycles. The van der Waals surface area contributed by atoms with Crippen molar-refractivity contribution in [1.29, 1.82) is 5.41 Å². The van der Waals surface area contributed by atoms with Gasteiger partial charge in [0, 0.05) is 30.0 Å². The second-order valence-corrected chi connectivity index (χ2v) is 4.42. The number of carboxylic acids is 1. The van der Waals surface area contributed by atoms with Crippen LogP contribution in [0, 0.1) is 5.41 Å². The maximum Gasteiger partial charge on any atom is 0.309 e. The molecule has 1 fully saturated rings. The Kier molecular flexibility index (Phi) is 4.01. The molecule has 0 aromatic heterocycles. The second kappa shape index (κ2) is 5.71. The molecule has 1 aromatic rings. The standard InChI is InChI=1S/C13H17N3O3/c14-11-7-9(16-3-5-19-6-4-16)1-2-10(11)12(15)8-13(17)18/h1-2,7,15H,3-6,8,14H2,(H,17,18). The molecule has 0 atom stereocenters. The molecule has 6 heteroatoms. The van der Waals surface area contributed by atoms with E-state index in [1.165, 1.54) is 0 Å². The lowest BCUT2D eigenvalue weighted by Crippen LogP contribution is -2.36. The molecular weight excluding hydrogens is 246 g/mol. The third-order valence-electron chi connectivity index (χ3n) is 3.06. The molecule has 0 aliphatic carbocycles. The smallest absolute Gasteiger partial charge is 0.309 e. The topological polar surface area (TPSA) is 99.6 Å². The minimum Gasteiger partial charge on any atom is -0.481 e. The van der Waals surface area contributed by atoms with Crippen molar-refractivity contribution in [1.82, 2.24) is 0 Å². The fourth-order valence-electron chi connectivity index (χ4n) is 2.09. The van der Waals surface area contributed by atoms with Crippen molar-refractivity contribution >= 4 is 23.1 Å². The molecule has 0 spiro atoms. The van der Waals surface area contributed by atoms with Gasteiger partial charge >= 0.3 is 5.97 Å². The third kappa shape index (κ3) is 3.23. The summed E-state index contributed by atoms with van der Waals surface area (Å²) in [6.07, 6.45) is -0.318. The predicted octanol–water partition coefficient (Wildman–Crippen LogP) is 0.948. The van der Waals surface area contributed by atoms with Crippen LogP contribution < -0.4 is 10.6 Å². The third-order valence-corrected chi connectivity index (χ3v) is 3.06. The van der Waals surface area contributed by atoms with Crippen LogP contribution in [0.4, 0.5) is 11.4 Å². The molecule has 6 nitrogen and oxygen atoms in total. The average molecular weight is 263 g/mol. The van der Waals surface area contributed by atoms with E-state index in [9.17, 15) is 4.79 Å². The SMILES string of the molecule is N=C(CC(=O)O)c1ccc(N2CCOCC2)cc1N. The molecule has 102 valence electrons. The van der Waals surface area contributed by atoms with Gasteiger partial charge in [-0.1, -0.05) is 0 Å². The minimum atomic E-state index is -1.03. The number of nitrogens with zero attached hydrogens (tertiary/aromatic N) is 1. The summed E-state index contributed by atoms with van der Waals surface area (Å²) < 4.78 is 5.28. The molecule has 19 heavy (non-hydrogen) atoms. The Balaban J connectivity index is 2.16. The number of hydrogen-bond donors (Lipinski definition) is 3. The first kappa shape index (κ1) is 13.4. The van der Waals surface area contributed by atoms with Gasteiger partial charge in [-0.2, -0.15) is 0 Å². The van der Waals surface area contributed by atoms with Gasteiger partial charge in [0.1, 0.15) is 0 Å². The van der Waals surface area contributed by atoms with Gasteiger partial charge in [0.15, 0.2) is 0 Å². The van der Waals surface area contributed by atoms with E-state index in [0.29, 0.717) is 24.5 Å². The van der Waals surface area contributed by atoms with Crippen LogP contribution in [0.3, 0.4) is 0 Å². The first-order chi connectivity index (χ1) is 9.08. The Morgan fingerprint density at radius 2 is 2.11 bits per heavy atom. The van der Waals surface area contributed by atoms with Gasteiger partial charge in [-0.15, -0.1) is 0 Å². The van der Waals surface area contributed by atoms with Gasteiger partial charge in [0.2, 0.25) is 0 Å². The lowest BCUT2D eigenvalue weighted by atomic mass is 10.0. The van der Waals surface area contributed by atoms with Gasteiger partial charge in [0.05, 0.1) is 25.3 Å². The lowest BCUT2D eigenvalue weighted by Gasteiger charge is -2.29. The maximum absolute atomic E-state index is 10.6. The van der Waals surface area contributed by atoms with Crippen LogP contribution in [0.2, 0.25) is 0 Å². The molecule has 1 aliphatic rings. The second-order valence-electron chi connectivity index (χ2n) is 4.42. The largest absolute Gasteiger partial charge is 0.481 e. The van der Waals surface area contributed by atoms with Crippen molar-refractivity contribution in [2.45, 2.75) is 6.42 Å². The molecule has 0 bridgehead atoms. The van der Waals surface area contributed by atoms with Gasteiger partial charge in [0.25, 0.3) is 0 Å². The molecule has 0 amide bonds. The highest BCUT2D eigenvalue weighted by molar-refractivity contribution is 6.10. The van der Waals surface area contributed by atoms with Crippen molar-refractivity contribution in [3.05, 3.63) is 23.8 Å². The monoisotopic (exact) mass is 263 g/mol. The molecule has 0 unspecified atom stereocenters. The van der Waals surface area contributed by atoms with Crippen LogP contribution in [0.5, 0.6) is 0 Å². The number of nitrogens with two attached hydrogens (primary N) is 1. The molecule has 0 saturated carbocycles. The van der Waals surface area contributed by atoms with E-state index in [1.807, 2.05) is 6.07 Å². The number of carboxylic acid groups (broad SMARTS) is 1. The van der Waals surface area contributed by atoms with Crippen LogP contribution in [0.25, 0.3) is 0 Å². The number of aliphatic carboxylic acids is 1. The average Bonchev–Trinajstić information content (AvgIpc) is 2.38. The lowest BCUT2D eigenvalue weighted by molar-refractivity contribution is -0.135. The van der Waals surface area contributed by atoms with Crippen LogP contribution in [-0.2, 0) is 9.53 Å². The number of nitrogens with one attached hydrogen (secondary N) is 1. The molecule has 1 saturated heterocycles. The van der Waals surface area contributed by atoms with E-state index in [2.05, 4.69) is 4.90 Å². The van der Waals surface area contributed by atoms with Crippen LogP contribution in [-0.4, -0.2) is 43.1 Å². The highest BCUT2D eigenvalue weighted by Gasteiger charge is 2.14. The Hall–Kier alpha value is -2.08. The number of rotatable bonds is 4. The van der Waals surface area contributed by atoms with Gasteiger partial charge < -0.3 is 25.9 Å². The van der Waals surface area contributed by atoms with E-state index < -0.39 is 5.97 Å². The van der Waals surface area contributed by atoms with E-state index in [4.69, 9.17) is 21.0 Å². The summed E-state index contributed by atoms with van der Waals surface area (Å²) in [5.41, 5.74) is 7.84. The van der Waals surface area contributed by atoms with E-state index in [1.54, 1.807) is 12.1 Å². The quantitative estimate of drug-likeness (QED) is 0.554. The number of benzene rings is 1. The van der Waals surface area contributed by atoms with Crippen LogP contribution >= 0.6 is 0 Å². The normalized spacial score (nSPS) is 15.3. The summed E-state index contributed by atoms with van der Waals surface area (Å²) in [7, 11) is 0. The Labute approximate surface area is 111 Å². The molecule has 1 heterocycles.